The minimum Gasteiger partial charge on any atom is -0.390 e. The SMILES string of the molecule is Cc1cccc(-c2nc(CO)c(C3CC3)s2)c1. The van der Waals surface area contributed by atoms with Gasteiger partial charge in [-0.2, -0.15) is 0 Å². The Morgan fingerprint density at radius 2 is 2.24 bits per heavy atom. The zero-order chi connectivity index (χ0) is 11.8. The van der Waals surface area contributed by atoms with Gasteiger partial charge in [-0.25, -0.2) is 4.98 Å². The maximum atomic E-state index is 9.35. The van der Waals surface area contributed by atoms with E-state index in [0.29, 0.717) is 5.92 Å². The van der Waals surface area contributed by atoms with E-state index in [1.807, 2.05) is 0 Å². The Morgan fingerprint density at radius 1 is 1.41 bits per heavy atom. The van der Waals surface area contributed by atoms with Crippen molar-refractivity contribution in [1.82, 2.24) is 4.98 Å². The van der Waals surface area contributed by atoms with E-state index in [1.54, 1.807) is 11.3 Å². The molecule has 2 nitrogen and oxygen atoms in total. The van der Waals surface area contributed by atoms with E-state index >= 15 is 0 Å². The number of aliphatic hydroxyl groups is 1. The number of nitrogens with zero attached hydrogens (tertiary/aromatic N) is 1. The molecule has 1 aliphatic carbocycles. The zero-order valence-electron chi connectivity index (χ0n) is 9.81. The lowest BCUT2D eigenvalue weighted by Crippen LogP contribution is -1.88. The average Bonchev–Trinajstić information content (AvgIpc) is 3.08. The Hall–Kier alpha value is -1.19. The molecule has 88 valence electrons. The summed E-state index contributed by atoms with van der Waals surface area (Å²) < 4.78 is 0. The number of aliphatic hydroxyl groups excluding tert-OH is 1. The third-order valence-electron chi connectivity index (χ3n) is 3.09. The smallest absolute Gasteiger partial charge is 0.123 e. The number of thiazole rings is 1. The fourth-order valence-corrected chi connectivity index (χ4v) is 3.28. The maximum absolute atomic E-state index is 9.35. The minimum absolute atomic E-state index is 0.0636. The first-order valence-corrected chi connectivity index (χ1v) is 6.77. The summed E-state index contributed by atoms with van der Waals surface area (Å²) in [4.78, 5) is 5.87. The van der Waals surface area contributed by atoms with Crippen LogP contribution in [0.25, 0.3) is 10.6 Å². The third kappa shape index (κ3) is 2.13. The first-order valence-electron chi connectivity index (χ1n) is 5.95. The summed E-state index contributed by atoms with van der Waals surface area (Å²) in [5, 5.41) is 10.4. The molecule has 0 saturated heterocycles. The molecule has 1 fully saturated rings. The van der Waals surface area contributed by atoms with Crippen LogP contribution in [0.3, 0.4) is 0 Å². The van der Waals surface area contributed by atoms with Gasteiger partial charge in [-0.1, -0.05) is 23.8 Å². The Morgan fingerprint density at radius 3 is 2.88 bits per heavy atom. The van der Waals surface area contributed by atoms with Crippen molar-refractivity contribution in [2.24, 2.45) is 0 Å². The highest BCUT2D eigenvalue weighted by Gasteiger charge is 2.29. The minimum atomic E-state index is 0.0636. The van der Waals surface area contributed by atoms with Gasteiger partial charge in [0.2, 0.25) is 0 Å². The van der Waals surface area contributed by atoms with Gasteiger partial charge in [0.15, 0.2) is 0 Å². The molecule has 1 aromatic carbocycles. The number of hydrogen-bond acceptors (Lipinski definition) is 3. The summed E-state index contributed by atoms with van der Waals surface area (Å²) in [6.07, 6.45) is 2.50. The van der Waals surface area contributed by atoms with Gasteiger partial charge in [0.05, 0.1) is 12.3 Å². The average molecular weight is 245 g/mol. The molecule has 2 aromatic rings. The zero-order valence-corrected chi connectivity index (χ0v) is 10.6. The number of benzene rings is 1. The van der Waals surface area contributed by atoms with Crippen LogP contribution in [-0.4, -0.2) is 10.1 Å². The van der Waals surface area contributed by atoms with Crippen molar-refractivity contribution in [2.45, 2.75) is 32.3 Å². The molecule has 0 bridgehead atoms. The normalized spacial score (nSPS) is 15.2. The summed E-state index contributed by atoms with van der Waals surface area (Å²) in [5.74, 6) is 0.660. The molecule has 1 aromatic heterocycles. The fourth-order valence-electron chi connectivity index (χ4n) is 2.04. The van der Waals surface area contributed by atoms with Gasteiger partial charge in [-0.15, -0.1) is 11.3 Å². The molecule has 1 N–H and O–H groups in total. The number of rotatable bonds is 3. The maximum Gasteiger partial charge on any atom is 0.123 e. The van der Waals surface area contributed by atoms with E-state index < -0.39 is 0 Å². The van der Waals surface area contributed by atoms with Gasteiger partial charge in [-0.05, 0) is 31.7 Å². The highest BCUT2D eigenvalue weighted by atomic mass is 32.1. The molecule has 0 amide bonds. The van der Waals surface area contributed by atoms with Crippen molar-refractivity contribution in [1.29, 1.82) is 0 Å². The van der Waals surface area contributed by atoms with E-state index in [-0.39, 0.29) is 6.61 Å². The Balaban J connectivity index is 2.03. The molecular weight excluding hydrogens is 230 g/mol. The van der Waals surface area contributed by atoms with Crippen LogP contribution >= 0.6 is 11.3 Å². The first-order chi connectivity index (χ1) is 8.28. The molecule has 17 heavy (non-hydrogen) atoms. The molecule has 1 heterocycles. The van der Waals surface area contributed by atoms with Gasteiger partial charge >= 0.3 is 0 Å². The molecule has 3 rings (SSSR count). The fraction of sp³-hybridized carbons (Fsp3) is 0.357. The molecular formula is C14H15NOS. The largest absolute Gasteiger partial charge is 0.390 e. The van der Waals surface area contributed by atoms with E-state index in [2.05, 4.69) is 36.2 Å². The molecule has 0 atom stereocenters. The van der Waals surface area contributed by atoms with Crippen LogP contribution in [0, 0.1) is 6.92 Å². The van der Waals surface area contributed by atoms with E-state index in [1.165, 1.54) is 23.3 Å². The van der Waals surface area contributed by atoms with Crippen molar-refractivity contribution in [2.75, 3.05) is 0 Å². The summed E-state index contributed by atoms with van der Waals surface area (Å²) in [6.45, 7) is 2.15. The molecule has 0 unspecified atom stereocenters. The quantitative estimate of drug-likeness (QED) is 0.898. The molecule has 0 aliphatic heterocycles. The molecule has 3 heteroatoms. The summed E-state index contributed by atoms with van der Waals surface area (Å²) in [5.41, 5.74) is 3.29. The molecule has 1 aliphatic rings. The van der Waals surface area contributed by atoms with E-state index in [0.717, 1.165) is 16.3 Å². The lowest BCUT2D eigenvalue weighted by molar-refractivity contribution is 0.276. The first kappa shape index (κ1) is 10.9. The predicted octanol–water partition coefficient (Wildman–Crippen LogP) is 3.49. The topological polar surface area (TPSA) is 33.1 Å². The van der Waals surface area contributed by atoms with Crippen molar-refractivity contribution in [3.63, 3.8) is 0 Å². The molecule has 0 spiro atoms. The summed E-state index contributed by atoms with van der Waals surface area (Å²) in [7, 11) is 0. The monoisotopic (exact) mass is 245 g/mol. The second-order valence-electron chi connectivity index (χ2n) is 4.63. The van der Waals surface area contributed by atoms with Gasteiger partial charge in [-0.3, -0.25) is 0 Å². The standard InChI is InChI=1S/C14H15NOS/c1-9-3-2-4-11(7-9)14-15-12(8-16)13(17-14)10-5-6-10/h2-4,7,10,16H,5-6,8H2,1H3. The summed E-state index contributed by atoms with van der Waals surface area (Å²) in [6, 6.07) is 8.38. The van der Waals surface area contributed by atoms with Crippen LogP contribution in [-0.2, 0) is 6.61 Å². The highest BCUT2D eigenvalue weighted by Crippen LogP contribution is 2.46. The lowest BCUT2D eigenvalue weighted by Gasteiger charge is -1.97. The Labute approximate surface area is 105 Å². The van der Waals surface area contributed by atoms with Crippen LogP contribution in [0.5, 0.6) is 0 Å². The predicted molar refractivity (Wildman–Crippen MR) is 70.2 cm³/mol. The van der Waals surface area contributed by atoms with Crippen LogP contribution in [0.4, 0.5) is 0 Å². The Kier molecular flexibility index (Phi) is 2.73. The lowest BCUT2D eigenvalue weighted by atomic mass is 10.1. The second-order valence-corrected chi connectivity index (χ2v) is 5.66. The van der Waals surface area contributed by atoms with E-state index in [4.69, 9.17) is 0 Å². The second kappa shape index (κ2) is 4.24. The van der Waals surface area contributed by atoms with Crippen LogP contribution < -0.4 is 0 Å². The summed E-state index contributed by atoms with van der Waals surface area (Å²) >= 11 is 1.75. The van der Waals surface area contributed by atoms with Gasteiger partial charge in [0.25, 0.3) is 0 Å². The number of aromatic nitrogens is 1. The van der Waals surface area contributed by atoms with Gasteiger partial charge in [0, 0.05) is 10.4 Å². The molecule has 1 saturated carbocycles. The van der Waals surface area contributed by atoms with E-state index in [9.17, 15) is 5.11 Å². The van der Waals surface area contributed by atoms with Crippen LogP contribution in [0.15, 0.2) is 24.3 Å². The Bertz CT molecular complexity index is 543. The van der Waals surface area contributed by atoms with Gasteiger partial charge in [0.1, 0.15) is 5.01 Å². The van der Waals surface area contributed by atoms with Gasteiger partial charge < -0.3 is 5.11 Å². The van der Waals surface area contributed by atoms with Crippen LogP contribution in [0.2, 0.25) is 0 Å². The van der Waals surface area contributed by atoms with Crippen LogP contribution in [0.1, 0.15) is 34.9 Å². The van der Waals surface area contributed by atoms with Crippen molar-refractivity contribution >= 4 is 11.3 Å². The van der Waals surface area contributed by atoms with Crippen molar-refractivity contribution < 1.29 is 5.11 Å². The van der Waals surface area contributed by atoms with Crippen molar-refractivity contribution in [3.8, 4) is 10.6 Å². The number of hydrogen-bond donors (Lipinski definition) is 1. The highest BCUT2D eigenvalue weighted by molar-refractivity contribution is 7.15. The molecule has 0 radical (unpaired) electrons. The number of aryl methyl sites for hydroxylation is 1. The third-order valence-corrected chi connectivity index (χ3v) is 4.40. The van der Waals surface area contributed by atoms with Crippen molar-refractivity contribution in [3.05, 3.63) is 40.4 Å².